The van der Waals surface area contributed by atoms with Gasteiger partial charge in [0.05, 0.1) is 13.2 Å². The minimum atomic E-state index is 0.0902. The summed E-state index contributed by atoms with van der Waals surface area (Å²) >= 11 is 0. The Morgan fingerprint density at radius 2 is 1.58 bits per heavy atom. The summed E-state index contributed by atoms with van der Waals surface area (Å²) < 4.78 is 11.0. The summed E-state index contributed by atoms with van der Waals surface area (Å²) in [6, 6.07) is 12.3. The average molecular weight is 328 g/mol. The molecule has 0 saturated heterocycles. The van der Waals surface area contributed by atoms with Crippen LogP contribution in [0.2, 0.25) is 0 Å². The van der Waals surface area contributed by atoms with Crippen LogP contribution in [-0.4, -0.2) is 18.5 Å². The highest BCUT2D eigenvalue weighted by Gasteiger charge is 2.06. The van der Waals surface area contributed by atoms with Crippen LogP contribution in [0.4, 0.5) is 0 Å². The molecule has 24 heavy (non-hydrogen) atoms. The molecule has 0 spiro atoms. The van der Waals surface area contributed by atoms with E-state index in [0.717, 1.165) is 17.7 Å². The predicted molar refractivity (Wildman–Crippen MR) is 97.4 cm³/mol. The van der Waals surface area contributed by atoms with Crippen LogP contribution in [-0.2, 0) is 17.8 Å². The molecule has 2 aromatic carbocycles. The zero-order valence-electron chi connectivity index (χ0n) is 15.1. The van der Waals surface area contributed by atoms with Crippen LogP contribution in [0.5, 0.6) is 5.75 Å². The Morgan fingerprint density at radius 3 is 2.12 bits per heavy atom. The summed E-state index contributed by atoms with van der Waals surface area (Å²) in [4.78, 5) is 0. The fourth-order valence-electron chi connectivity index (χ4n) is 2.75. The number of aliphatic hydroxyl groups excluding tert-OH is 1. The summed E-state index contributed by atoms with van der Waals surface area (Å²) in [6.45, 7) is 9.53. The third-order valence-corrected chi connectivity index (χ3v) is 4.00. The Balaban J connectivity index is 1.97. The van der Waals surface area contributed by atoms with E-state index in [9.17, 15) is 5.11 Å². The maximum atomic E-state index is 9.29. The van der Waals surface area contributed by atoms with Gasteiger partial charge in [0.1, 0.15) is 5.75 Å². The molecule has 1 N–H and O–H groups in total. The van der Waals surface area contributed by atoms with Gasteiger partial charge in [0.25, 0.3) is 0 Å². The van der Waals surface area contributed by atoms with E-state index in [1.54, 1.807) is 0 Å². The predicted octanol–water partition coefficient (Wildman–Crippen LogP) is 4.40. The molecule has 0 aliphatic heterocycles. The number of aryl methyl sites for hydroxylation is 2. The Labute approximate surface area is 145 Å². The van der Waals surface area contributed by atoms with Gasteiger partial charge < -0.3 is 14.6 Å². The molecule has 0 radical (unpaired) electrons. The molecule has 0 aliphatic rings. The summed E-state index contributed by atoms with van der Waals surface area (Å²) in [7, 11) is 0. The van der Waals surface area contributed by atoms with Crippen LogP contribution in [0.1, 0.15) is 41.7 Å². The van der Waals surface area contributed by atoms with E-state index in [4.69, 9.17) is 9.47 Å². The molecule has 2 aromatic rings. The molecule has 3 heteroatoms. The first-order chi connectivity index (χ1) is 11.5. The zero-order chi connectivity index (χ0) is 17.5. The van der Waals surface area contributed by atoms with E-state index < -0.39 is 0 Å². The maximum absolute atomic E-state index is 9.29. The molecule has 0 unspecified atom stereocenters. The minimum Gasteiger partial charge on any atom is -0.468 e. The second-order valence-electron chi connectivity index (χ2n) is 6.71. The highest BCUT2D eigenvalue weighted by Crippen LogP contribution is 2.22. The van der Waals surface area contributed by atoms with Crippen molar-refractivity contribution >= 4 is 0 Å². The zero-order valence-corrected chi connectivity index (χ0v) is 15.1. The van der Waals surface area contributed by atoms with Gasteiger partial charge in [-0.1, -0.05) is 38.1 Å². The number of hydrogen-bond acceptors (Lipinski definition) is 3. The van der Waals surface area contributed by atoms with E-state index in [1.807, 2.05) is 12.1 Å². The van der Waals surface area contributed by atoms with Crippen molar-refractivity contribution < 1.29 is 14.6 Å². The second-order valence-corrected chi connectivity index (χ2v) is 6.71. The lowest BCUT2D eigenvalue weighted by Gasteiger charge is -2.13. The summed E-state index contributed by atoms with van der Waals surface area (Å²) in [5.74, 6) is 1.34. The number of ether oxygens (including phenoxy) is 2. The molecule has 0 aliphatic carbocycles. The van der Waals surface area contributed by atoms with Crippen molar-refractivity contribution in [3.8, 4) is 5.75 Å². The summed E-state index contributed by atoms with van der Waals surface area (Å²) in [5, 5.41) is 9.29. The average Bonchev–Trinajstić information content (AvgIpc) is 2.55. The molecular weight excluding hydrogens is 300 g/mol. The lowest BCUT2D eigenvalue weighted by molar-refractivity contribution is 0.00272. The molecule has 2 rings (SSSR count). The smallest absolute Gasteiger partial charge is 0.189 e. The fraction of sp³-hybridized carbons (Fsp3) is 0.429. The molecule has 0 fully saturated rings. The second kappa shape index (κ2) is 8.86. The van der Waals surface area contributed by atoms with Gasteiger partial charge in [-0.25, -0.2) is 0 Å². The van der Waals surface area contributed by atoms with Gasteiger partial charge in [-0.05, 0) is 66.1 Å². The van der Waals surface area contributed by atoms with Crippen molar-refractivity contribution in [1.29, 1.82) is 0 Å². The Bertz CT molecular complexity index is 622. The van der Waals surface area contributed by atoms with Gasteiger partial charge in [0, 0.05) is 0 Å². The van der Waals surface area contributed by atoms with Gasteiger partial charge in [0.2, 0.25) is 0 Å². The third kappa shape index (κ3) is 5.36. The van der Waals surface area contributed by atoms with Gasteiger partial charge >= 0.3 is 0 Å². The number of benzene rings is 2. The van der Waals surface area contributed by atoms with E-state index in [-0.39, 0.29) is 6.61 Å². The first kappa shape index (κ1) is 18.5. The van der Waals surface area contributed by atoms with Crippen LogP contribution in [0, 0.1) is 19.8 Å². The number of aliphatic hydroxyl groups is 1. The summed E-state index contributed by atoms with van der Waals surface area (Å²) in [6.07, 6.45) is 0.882. The van der Waals surface area contributed by atoms with E-state index in [2.05, 4.69) is 52.0 Å². The lowest BCUT2D eigenvalue weighted by Crippen LogP contribution is -2.07. The van der Waals surface area contributed by atoms with Crippen molar-refractivity contribution in [2.75, 3.05) is 13.4 Å². The highest BCUT2D eigenvalue weighted by molar-refractivity contribution is 5.41. The Hall–Kier alpha value is -1.84. The molecule has 0 amide bonds. The quantitative estimate of drug-likeness (QED) is 0.577. The van der Waals surface area contributed by atoms with Gasteiger partial charge in [-0.2, -0.15) is 0 Å². The SMILES string of the molecule is Cc1cc(CO)cc(C)c1Cc1ccc(OCOCC(C)C)cc1. The molecule has 130 valence electrons. The highest BCUT2D eigenvalue weighted by atomic mass is 16.7. The normalized spacial score (nSPS) is 11.1. The van der Waals surface area contributed by atoms with Crippen LogP contribution in [0.25, 0.3) is 0 Å². The van der Waals surface area contributed by atoms with Crippen molar-refractivity contribution in [3.05, 3.63) is 64.2 Å². The van der Waals surface area contributed by atoms with Crippen LogP contribution in [0.15, 0.2) is 36.4 Å². The van der Waals surface area contributed by atoms with Crippen molar-refractivity contribution in [1.82, 2.24) is 0 Å². The van der Waals surface area contributed by atoms with E-state index >= 15 is 0 Å². The molecule has 3 nitrogen and oxygen atoms in total. The van der Waals surface area contributed by atoms with Gasteiger partial charge in [-0.3, -0.25) is 0 Å². The van der Waals surface area contributed by atoms with Gasteiger partial charge in [-0.15, -0.1) is 0 Å². The van der Waals surface area contributed by atoms with E-state index in [0.29, 0.717) is 19.3 Å². The van der Waals surface area contributed by atoms with Crippen molar-refractivity contribution in [2.24, 2.45) is 5.92 Å². The molecule has 0 aromatic heterocycles. The Kier molecular flexibility index (Phi) is 6.83. The third-order valence-electron chi connectivity index (χ3n) is 4.00. The van der Waals surface area contributed by atoms with Crippen LogP contribution in [0.3, 0.4) is 0 Å². The Morgan fingerprint density at radius 1 is 0.958 bits per heavy atom. The molecular formula is C21H28O3. The first-order valence-electron chi connectivity index (χ1n) is 8.49. The van der Waals surface area contributed by atoms with Crippen molar-refractivity contribution in [2.45, 2.75) is 40.7 Å². The van der Waals surface area contributed by atoms with Crippen LogP contribution >= 0.6 is 0 Å². The van der Waals surface area contributed by atoms with Crippen LogP contribution < -0.4 is 4.74 Å². The maximum Gasteiger partial charge on any atom is 0.189 e. The first-order valence-corrected chi connectivity index (χ1v) is 8.49. The standard InChI is InChI=1S/C21H28O3/c1-15(2)13-23-14-24-20-7-5-18(6-8-20)11-21-16(3)9-19(12-22)10-17(21)4/h5-10,15,22H,11-14H2,1-4H3. The van der Waals surface area contributed by atoms with Gasteiger partial charge in [0.15, 0.2) is 6.79 Å². The largest absolute Gasteiger partial charge is 0.468 e. The van der Waals surface area contributed by atoms with Crippen molar-refractivity contribution in [3.63, 3.8) is 0 Å². The fourth-order valence-corrected chi connectivity index (χ4v) is 2.75. The monoisotopic (exact) mass is 328 g/mol. The molecule has 0 heterocycles. The molecule has 0 saturated carbocycles. The summed E-state index contributed by atoms with van der Waals surface area (Å²) in [5.41, 5.74) is 5.98. The number of rotatable bonds is 8. The van der Waals surface area contributed by atoms with E-state index in [1.165, 1.54) is 22.3 Å². The minimum absolute atomic E-state index is 0.0902. The molecule has 0 bridgehead atoms. The lowest BCUT2D eigenvalue weighted by atomic mass is 9.94. The topological polar surface area (TPSA) is 38.7 Å². The molecule has 0 atom stereocenters. The number of hydrogen-bond donors (Lipinski definition) is 1.